The van der Waals surface area contributed by atoms with E-state index in [1.54, 1.807) is 7.11 Å². The van der Waals surface area contributed by atoms with E-state index in [1.807, 2.05) is 0 Å². The van der Waals surface area contributed by atoms with Gasteiger partial charge in [0.2, 0.25) is 0 Å². The molecule has 1 heterocycles. The zero-order chi connectivity index (χ0) is 13.2. The van der Waals surface area contributed by atoms with Gasteiger partial charge in [0, 0.05) is 12.1 Å². The lowest BCUT2D eigenvalue weighted by molar-refractivity contribution is 0.0760. The fraction of sp³-hybridized carbons (Fsp3) is 0.600. The normalized spacial score (nSPS) is 20.8. The largest absolute Gasteiger partial charge is 0.496 e. The molecule has 1 unspecified atom stereocenters. The highest BCUT2D eigenvalue weighted by atomic mass is 16.5. The molecule has 3 nitrogen and oxygen atoms in total. The van der Waals surface area contributed by atoms with Crippen molar-refractivity contribution in [3.8, 4) is 5.75 Å². The second-order valence-corrected chi connectivity index (χ2v) is 5.79. The van der Waals surface area contributed by atoms with E-state index in [2.05, 4.69) is 44.3 Å². The molecule has 1 aromatic carbocycles. The Kier molecular flexibility index (Phi) is 3.93. The molecule has 3 heteroatoms. The Hall–Kier alpha value is -1.06. The van der Waals surface area contributed by atoms with Gasteiger partial charge in [-0.25, -0.2) is 0 Å². The molecule has 1 saturated heterocycles. The molecule has 0 amide bonds. The van der Waals surface area contributed by atoms with Gasteiger partial charge in [-0.15, -0.1) is 0 Å². The molecule has 0 aliphatic carbocycles. The summed E-state index contributed by atoms with van der Waals surface area (Å²) in [6, 6.07) is 6.68. The van der Waals surface area contributed by atoms with Crippen LogP contribution in [0.2, 0.25) is 0 Å². The van der Waals surface area contributed by atoms with E-state index in [0.29, 0.717) is 6.61 Å². The highest BCUT2D eigenvalue weighted by Crippen LogP contribution is 2.32. The average molecular weight is 249 g/mol. The first-order chi connectivity index (χ1) is 8.52. The Labute approximate surface area is 109 Å². The number of benzene rings is 1. The molecule has 100 valence electrons. The summed E-state index contributed by atoms with van der Waals surface area (Å²) < 4.78 is 11.0. The van der Waals surface area contributed by atoms with E-state index in [0.717, 1.165) is 18.9 Å². The van der Waals surface area contributed by atoms with Crippen molar-refractivity contribution in [1.82, 2.24) is 5.32 Å². The fourth-order valence-corrected chi connectivity index (χ4v) is 2.24. The summed E-state index contributed by atoms with van der Waals surface area (Å²) in [7, 11) is 1.72. The van der Waals surface area contributed by atoms with E-state index in [1.165, 1.54) is 11.1 Å². The number of hydrogen-bond acceptors (Lipinski definition) is 3. The van der Waals surface area contributed by atoms with Crippen molar-refractivity contribution in [2.24, 2.45) is 0 Å². The lowest BCUT2D eigenvalue weighted by Gasteiger charge is -2.28. The Morgan fingerprint density at radius 3 is 2.67 bits per heavy atom. The van der Waals surface area contributed by atoms with Gasteiger partial charge in [-0.05, 0) is 23.1 Å². The number of morpholine rings is 1. The van der Waals surface area contributed by atoms with Gasteiger partial charge < -0.3 is 14.8 Å². The highest BCUT2D eigenvalue weighted by molar-refractivity contribution is 5.41. The van der Waals surface area contributed by atoms with Crippen molar-refractivity contribution < 1.29 is 9.47 Å². The standard InChI is InChI=1S/C15H23NO2/c1-15(2,3)11-5-6-14(17-4)12(9-11)13-10-18-8-7-16-13/h5-6,9,13,16H,7-8,10H2,1-4H3. The van der Waals surface area contributed by atoms with Crippen molar-refractivity contribution in [2.75, 3.05) is 26.9 Å². The van der Waals surface area contributed by atoms with Gasteiger partial charge in [0.05, 0.1) is 26.4 Å². The van der Waals surface area contributed by atoms with Crippen LogP contribution in [0.25, 0.3) is 0 Å². The van der Waals surface area contributed by atoms with Gasteiger partial charge in [-0.3, -0.25) is 0 Å². The van der Waals surface area contributed by atoms with E-state index >= 15 is 0 Å². The highest BCUT2D eigenvalue weighted by Gasteiger charge is 2.22. The van der Waals surface area contributed by atoms with Crippen LogP contribution < -0.4 is 10.1 Å². The second-order valence-electron chi connectivity index (χ2n) is 5.79. The quantitative estimate of drug-likeness (QED) is 0.874. The topological polar surface area (TPSA) is 30.5 Å². The van der Waals surface area contributed by atoms with Gasteiger partial charge >= 0.3 is 0 Å². The summed E-state index contributed by atoms with van der Waals surface area (Å²) in [6.07, 6.45) is 0. The molecule has 0 spiro atoms. The van der Waals surface area contributed by atoms with Crippen LogP contribution in [0.15, 0.2) is 18.2 Å². The molecule has 0 saturated carbocycles. The van der Waals surface area contributed by atoms with Crippen molar-refractivity contribution in [2.45, 2.75) is 32.2 Å². The van der Waals surface area contributed by atoms with Gasteiger partial charge in [0.15, 0.2) is 0 Å². The Morgan fingerprint density at radius 1 is 1.33 bits per heavy atom. The predicted octanol–water partition coefficient (Wildman–Crippen LogP) is 2.65. The lowest BCUT2D eigenvalue weighted by Crippen LogP contribution is -2.35. The monoisotopic (exact) mass is 249 g/mol. The third-order valence-corrected chi connectivity index (χ3v) is 3.39. The molecule has 1 N–H and O–H groups in total. The third kappa shape index (κ3) is 2.85. The summed E-state index contributed by atoms with van der Waals surface area (Å²) in [6.45, 7) is 9.07. The molecule has 0 bridgehead atoms. The van der Waals surface area contributed by atoms with E-state index in [4.69, 9.17) is 9.47 Å². The first-order valence-electron chi connectivity index (χ1n) is 6.52. The number of methoxy groups -OCH3 is 1. The third-order valence-electron chi connectivity index (χ3n) is 3.39. The van der Waals surface area contributed by atoms with Gasteiger partial charge in [-0.1, -0.05) is 26.8 Å². The number of rotatable bonds is 2. The van der Waals surface area contributed by atoms with Crippen LogP contribution in [0.4, 0.5) is 0 Å². The Morgan fingerprint density at radius 2 is 2.11 bits per heavy atom. The van der Waals surface area contributed by atoms with Gasteiger partial charge in [-0.2, -0.15) is 0 Å². The molecular formula is C15H23NO2. The maximum atomic E-state index is 5.54. The zero-order valence-electron chi connectivity index (χ0n) is 11.7. The van der Waals surface area contributed by atoms with Gasteiger partial charge in [0.25, 0.3) is 0 Å². The second kappa shape index (κ2) is 5.29. The first kappa shape index (κ1) is 13.4. The van der Waals surface area contributed by atoms with Crippen LogP contribution in [-0.4, -0.2) is 26.9 Å². The van der Waals surface area contributed by atoms with Crippen molar-refractivity contribution in [3.05, 3.63) is 29.3 Å². The average Bonchev–Trinajstić information content (AvgIpc) is 2.38. The predicted molar refractivity (Wildman–Crippen MR) is 73.3 cm³/mol. The Balaban J connectivity index is 2.35. The van der Waals surface area contributed by atoms with Crippen LogP contribution in [0.5, 0.6) is 5.75 Å². The minimum absolute atomic E-state index is 0.149. The van der Waals surface area contributed by atoms with Crippen molar-refractivity contribution in [3.63, 3.8) is 0 Å². The Bertz CT molecular complexity index is 403. The van der Waals surface area contributed by atoms with Crippen molar-refractivity contribution in [1.29, 1.82) is 0 Å². The van der Waals surface area contributed by atoms with Gasteiger partial charge in [0.1, 0.15) is 5.75 Å². The van der Waals surface area contributed by atoms with Crippen LogP contribution in [-0.2, 0) is 10.2 Å². The number of ether oxygens (including phenoxy) is 2. The van der Waals surface area contributed by atoms with Crippen LogP contribution in [0, 0.1) is 0 Å². The summed E-state index contributed by atoms with van der Waals surface area (Å²) in [5, 5.41) is 3.48. The molecule has 0 aromatic heterocycles. The maximum absolute atomic E-state index is 5.54. The SMILES string of the molecule is COc1ccc(C(C)(C)C)cc1C1COCCN1. The molecule has 2 rings (SSSR count). The zero-order valence-corrected chi connectivity index (χ0v) is 11.7. The van der Waals surface area contributed by atoms with E-state index in [-0.39, 0.29) is 11.5 Å². The number of hydrogen-bond donors (Lipinski definition) is 1. The molecule has 1 aliphatic rings. The minimum atomic E-state index is 0.149. The van der Waals surface area contributed by atoms with Crippen LogP contribution in [0.1, 0.15) is 37.9 Å². The summed E-state index contributed by atoms with van der Waals surface area (Å²) in [4.78, 5) is 0. The summed E-state index contributed by atoms with van der Waals surface area (Å²) >= 11 is 0. The molecule has 0 radical (unpaired) electrons. The maximum Gasteiger partial charge on any atom is 0.123 e. The molecule has 1 fully saturated rings. The first-order valence-corrected chi connectivity index (χ1v) is 6.52. The molecule has 1 atom stereocenters. The summed E-state index contributed by atoms with van der Waals surface area (Å²) in [5.74, 6) is 0.936. The smallest absolute Gasteiger partial charge is 0.123 e. The van der Waals surface area contributed by atoms with E-state index < -0.39 is 0 Å². The molecule has 1 aromatic rings. The fourth-order valence-electron chi connectivity index (χ4n) is 2.24. The van der Waals surface area contributed by atoms with Crippen molar-refractivity contribution >= 4 is 0 Å². The van der Waals surface area contributed by atoms with Crippen LogP contribution >= 0.6 is 0 Å². The van der Waals surface area contributed by atoms with Crippen LogP contribution in [0.3, 0.4) is 0 Å². The number of nitrogens with one attached hydrogen (secondary N) is 1. The lowest BCUT2D eigenvalue weighted by atomic mass is 9.85. The molecule has 1 aliphatic heterocycles. The minimum Gasteiger partial charge on any atom is -0.496 e. The van der Waals surface area contributed by atoms with E-state index in [9.17, 15) is 0 Å². The molecule has 18 heavy (non-hydrogen) atoms. The summed E-state index contributed by atoms with van der Waals surface area (Å²) in [5.41, 5.74) is 2.67. The molecular weight excluding hydrogens is 226 g/mol.